The molecule has 0 bridgehead atoms. The number of aryl methyl sites for hydroxylation is 4. The quantitative estimate of drug-likeness (QED) is 0.0145. The number of carbonyl (C=O) groups excluding carboxylic acids is 18. The maximum absolute atomic E-state index is 15.6. The van der Waals surface area contributed by atoms with Gasteiger partial charge in [0.05, 0.1) is 87.2 Å². The molecular weight excluding hydrogens is 1910 g/mol. The highest BCUT2D eigenvalue weighted by Gasteiger charge is 2.44. The minimum absolute atomic E-state index is 0.00108. The summed E-state index contributed by atoms with van der Waals surface area (Å²) in [5, 5.41) is 86.0. The molecule has 2 heterocycles. The van der Waals surface area contributed by atoms with E-state index in [0.29, 0.717) is 61.1 Å². The minimum Gasteiger partial charge on any atom is -0.494 e. The molecule has 8 rings (SSSR count). The molecule has 7 aromatic rings. The monoisotopic (exact) mass is 2050 g/mol. The zero-order valence-corrected chi connectivity index (χ0v) is 84.2. The number of unbranched alkanes of at least 4 members (excludes halogenated alkanes) is 2. The first-order valence-corrected chi connectivity index (χ1v) is 49.1. The summed E-state index contributed by atoms with van der Waals surface area (Å²) < 4.78 is 21.7. The number of aliphatic hydroxyl groups excluding tert-OH is 4. The predicted molar refractivity (Wildman–Crippen MR) is 536 cm³/mol. The number of H-pyrrole nitrogens is 1. The molecule has 0 unspecified atom stereocenters. The molecule has 41 heteroatoms. The van der Waals surface area contributed by atoms with Crippen LogP contribution in [0.2, 0.25) is 0 Å². The predicted octanol–water partition coefficient (Wildman–Crippen LogP) is 3.99. The number of aromatic amines is 1. The van der Waals surface area contributed by atoms with Gasteiger partial charge in [-0.3, -0.25) is 91.1 Å². The van der Waals surface area contributed by atoms with Crippen LogP contribution in [0.5, 0.6) is 5.75 Å². The van der Waals surface area contributed by atoms with Crippen molar-refractivity contribution in [3.63, 3.8) is 0 Å². The van der Waals surface area contributed by atoms with Crippen LogP contribution in [0, 0.1) is 54.2 Å². The normalized spacial score (nSPS) is 14.0. The highest BCUT2D eigenvalue weighted by atomic mass is 19.1. The van der Waals surface area contributed by atoms with Gasteiger partial charge in [0.2, 0.25) is 65.0 Å². The number of carboxylic acid groups (broad SMARTS) is 1. The van der Waals surface area contributed by atoms with Gasteiger partial charge in [-0.05, 0) is 175 Å². The number of aliphatic carboxylic acids is 1. The van der Waals surface area contributed by atoms with Gasteiger partial charge in [0, 0.05) is 101 Å². The zero-order valence-electron chi connectivity index (χ0n) is 84.2. The second-order valence-corrected chi connectivity index (χ2v) is 37.9. The van der Waals surface area contributed by atoms with E-state index >= 15 is 4.39 Å². The Morgan fingerprint density at radius 3 is 1.74 bits per heavy atom. The van der Waals surface area contributed by atoms with Crippen LogP contribution >= 0.6 is 0 Å². The van der Waals surface area contributed by atoms with Crippen molar-refractivity contribution >= 4 is 117 Å². The number of fused-ring (bicyclic) bond motifs is 2. The first-order chi connectivity index (χ1) is 70.3. The Morgan fingerprint density at radius 2 is 1.12 bits per heavy atom. The summed E-state index contributed by atoms with van der Waals surface area (Å²) in [6, 6.07) is 28.4. The topological polar surface area (TPSA) is 641 Å². The second-order valence-electron chi connectivity index (χ2n) is 37.9. The number of nitrogens with zero attached hydrogens (tertiary/aromatic N) is 4. The summed E-state index contributed by atoms with van der Waals surface area (Å²) in [4.78, 5) is 258. The number of aliphatic hydroxyl groups is 4. The summed E-state index contributed by atoms with van der Waals surface area (Å²) in [7, 11) is 0. The van der Waals surface area contributed by atoms with E-state index in [2.05, 4.69) is 75.0 Å². The fraction of sp³-hybridized carbons (Fsp3) is 0.458. The van der Waals surface area contributed by atoms with E-state index in [1.54, 1.807) is 47.4 Å². The van der Waals surface area contributed by atoms with Crippen molar-refractivity contribution in [1.29, 1.82) is 0 Å². The number of halogens is 1. The van der Waals surface area contributed by atoms with Gasteiger partial charge >= 0.3 is 5.97 Å². The third-order valence-corrected chi connectivity index (χ3v) is 25.4. The number of carboxylic acids is 1. The van der Waals surface area contributed by atoms with Crippen LogP contribution in [0.1, 0.15) is 213 Å². The number of carbonyl (C=O) groups is 19. The van der Waals surface area contributed by atoms with Gasteiger partial charge in [0.15, 0.2) is 46.3 Å². The molecule has 6 aromatic carbocycles. The number of primary amides is 2. The van der Waals surface area contributed by atoms with Gasteiger partial charge < -0.3 is 89.2 Å². The minimum atomic E-state index is -2.13. The van der Waals surface area contributed by atoms with Crippen LogP contribution < -0.4 is 63.6 Å². The van der Waals surface area contributed by atoms with E-state index in [9.17, 15) is 117 Å². The molecular formula is C107H132FN15O25. The van der Waals surface area contributed by atoms with Crippen molar-refractivity contribution in [3.05, 3.63) is 195 Å². The average molecular weight is 2050 g/mol. The highest BCUT2D eigenvalue weighted by molar-refractivity contribution is 6.06. The van der Waals surface area contributed by atoms with Crippen molar-refractivity contribution in [2.45, 2.75) is 258 Å². The molecule has 11 amide bonds. The first-order valence-electron chi connectivity index (χ1n) is 49.1. The van der Waals surface area contributed by atoms with Crippen LogP contribution in [0.3, 0.4) is 0 Å². The van der Waals surface area contributed by atoms with Crippen molar-refractivity contribution < 1.29 is 126 Å². The molecule has 0 radical (unpaired) electrons. The van der Waals surface area contributed by atoms with E-state index < -0.39 is 247 Å². The Balaban J connectivity index is 0.830. The standard InChI is InChI=1S/C107H132FN15O25/c1-9-68-50-78(148-45-18-10-11-28-86(130)84(61-125)113-94(137)41-36-77(129)58-111-92(135)40-35-76(128)57-112-93(136)43-44-96(139)123-59-73-24-13-12-21-69(73)33-34-71-22-15-17-27-85(71)123)37-38-79(68)70-31-29-66(30-32-70)49-74(101(143)114-81(100(109)142)26-19-20-67-47-62(2)46-63(3)48-67)51-88(132)83(54-97(140)141)115-102(144)75(60-124)52-89(133)98(64(4)126)118-105(147)107(8,55-72-23-14-16-25-80(72)108)56-90(134)99(65(5)127)117-95(138)42-39-87(131)82(53-91-119-121-122-120-91)116-104(146)106(6,7)103(110)145/h12-17,21-25,27,29-32,37-38,46-48,50,64-65,74-75,81-84,98-99,124-127H,9-11,18-20,26,28,35-36,39-45,49,51-61H2,1-8H3,(H2,109,142)(H2,110,145)(H,111,135)(H,112,136)(H,113,137)(H,114,143)(H,115,144)(H,116,146)(H,117,138)(H,118,147)(H,140,141)(H,119,120,121,122)/t64-,65-,74-,75+,81+,82+,83+,84+,98+,99+,107-/m1/s1. The number of para-hydroxylation sites is 1. The van der Waals surface area contributed by atoms with Crippen molar-refractivity contribution in [2.75, 3.05) is 37.8 Å². The number of nitrogens with two attached hydrogens (primary N) is 2. The smallest absolute Gasteiger partial charge is 0.305 e. The van der Waals surface area contributed by atoms with Crippen LogP contribution in [-0.4, -0.2) is 239 Å². The first kappa shape index (κ1) is 118. The average Bonchev–Trinajstić information content (AvgIpc) is 0.856. The maximum Gasteiger partial charge on any atom is 0.305 e. The summed E-state index contributed by atoms with van der Waals surface area (Å²) >= 11 is 0. The lowest BCUT2D eigenvalue weighted by atomic mass is 9.76. The fourth-order valence-electron chi connectivity index (χ4n) is 16.7. The summed E-state index contributed by atoms with van der Waals surface area (Å²) in [5.74, 6) is -13.7. The Hall–Kier alpha value is -15.2. The lowest BCUT2D eigenvalue weighted by Crippen LogP contribution is -2.55. The number of anilines is 1. The molecule has 0 aliphatic carbocycles. The Bertz CT molecular complexity index is 6000. The molecule has 40 nitrogen and oxygen atoms in total. The molecule has 0 fully saturated rings. The number of nitrogens with one attached hydrogen (secondary N) is 9. The van der Waals surface area contributed by atoms with Crippen LogP contribution in [-0.2, 0) is 130 Å². The lowest BCUT2D eigenvalue weighted by Gasteiger charge is -2.33. The molecule has 1 aliphatic rings. The van der Waals surface area contributed by atoms with Crippen LogP contribution in [0.4, 0.5) is 10.1 Å². The number of benzene rings is 6. The van der Waals surface area contributed by atoms with E-state index in [4.69, 9.17) is 16.2 Å². The van der Waals surface area contributed by atoms with Gasteiger partial charge in [-0.2, -0.15) is 5.21 Å². The van der Waals surface area contributed by atoms with E-state index in [1.165, 1.54) is 39.0 Å². The van der Waals surface area contributed by atoms with E-state index in [0.717, 1.165) is 64.4 Å². The van der Waals surface area contributed by atoms with Gasteiger partial charge in [-0.25, -0.2) is 4.39 Å². The van der Waals surface area contributed by atoms with Crippen molar-refractivity contribution in [1.82, 2.24) is 63.2 Å². The molecule has 792 valence electrons. The molecule has 1 aromatic heterocycles. The number of hydrogen-bond donors (Lipinski definition) is 16. The lowest BCUT2D eigenvalue weighted by molar-refractivity contribution is -0.142. The number of amides is 11. The van der Waals surface area contributed by atoms with Gasteiger partial charge in [0.1, 0.15) is 41.1 Å². The number of hydrogen-bond acceptors (Lipinski definition) is 27. The molecule has 0 saturated heterocycles. The second kappa shape index (κ2) is 57.7. The third kappa shape index (κ3) is 37.1. The van der Waals surface area contributed by atoms with Gasteiger partial charge in [-0.15, -0.1) is 10.2 Å². The Kier molecular flexibility index (Phi) is 46.0. The number of tetrazole rings is 1. The molecule has 1 aliphatic heterocycles. The van der Waals surface area contributed by atoms with Crippen molar-refractivity contribution in [2.24, 2.45) is 34.1 Å². The third-order valence-electron chi connectivity index (χ3n) is 25.4. The molecule has 11 atom stereocenters. The fourth-order valence-corrected chi connectivity index (χ4v) is 16.7. The van der Waals surface area contributed by atoms with Gasteiger partial charge in [0.25, 0.3) is 0 Å². The SMILES string of the molecule is CCc1cc(OCCCCCC(=O)[C@H](CO)NC(=O)CCC(=O)CNC(=O)CCC(=O)CNC(=O)CCC(=O)N2Cc3ccccc3C#Cc3ccccc32)ccc1-c1ccc(C[C@H](CC(=O)[C@H](CC(=O)O)NC(=O)[C@H](CO)CC(=O)[C@@H](NC(=O)[C@@](C)(CC(=O)[C@@H](NC(=O)CCC(=O)[C@H](Cc2nn[nH]n2)NC(=O)C(C)(C)C(N)=O)[C@@H](C)O)Cc2ccccc2F)[C@@H](C)O)C(=O)N[C@@H](CCCc2cc(C)cc(C)c2)C(N)=O)cc1. The van der Waals surface area contributed by atoms with Crippen LogP contribution in [0.25, 0.3) is 11.1 Å². The largest absolute Gasteiger partial charge is 0.494 e. The summed E-state index contributed by atoms with van der Waals surface area (Å²) in [6.45, 7) is 9.40. The Morgan fingerprint density at radius 1 is 0.534 bits per heavy atom. The number of rotatable bonds is 64. The molecule has 0 saturated carbocycles. The number of aromatic nitrogens is 4. The van der Waals surface area contributed by atoms with E-state index in [-0.39, 0.29) is 101 Å². The summed E-state index contributed by atoms with van der Waals surface area (Å²) in [6.07, 6.45) is -8.50. The molecule has 18 N–H and O–H groups in total. The van der Waals surface area contributed by atoms with Crippen LogP contribution in [0.15, 0.2) is 133 Å². The van der Waals surface area contributed by atoms with E-state index in [1.807, 2.05) is 87.5 Å². The Labute approximate surface area is 855 Å². The van der Waals surface area contributed by atoms with Gasteiger partial charge in [-0.1, -0.05) is 139 Å². The highest BCUT2D eigenvalue weighted by Crippen LogP contribution is 2.34. The molecule has 148 heavy (non-hydrogen) atoms. The number of Topliss-reactive ketones (excluding diaryl/α,β-unsaturated/α-hetero) is 7. The summed E-state index contributed by atoms with van der Waals surface area (Å²) in [5.41, 5.74) is 16.0. The molecule has 0 spiro atoms. The van der Waals surface area contributed by atoms with Crippen molar-refractivity contribution in [3.8, 4) is 28.7 Å². The number of ether oxygens (including phenoxy) is 1. The zero-order chi connectivity index (χ0) is 109. The number of ketones is 7. The maximum atomic E-state index is 15.6.